The molecule has 0 saturated carbocycles. The Morgan fingerprint density at radius 2 is 2.14 bits per heavy atom. The molecule has 0 aliphatic heterocycles. The topological polar surface area (TPSA) is 40.5 Å². The third kappa shape index (κ3) is 6.63. The molecule has 0 amide bonds. The van der Waals surface area contributed by atoms with Crippen LogP contribution in [0.25, 0.3) is 0 Å². The van der Waals surface area contributed by atoms with Gasteiger partial charge in [-0.1, -0.05) is 0 Å². The van der Waals surface area contributed by atoms with Crippen LogP contribution in [0, 0.1) is 0 Å². The molecule has 0 saturated heterocycles. The van der Waals surface area contributed by atoms with Gasteiger partial charge in [0.25, 0.3) is 0 Å². The standard InChI is InChI=1S/C4H9O2.Ti/c5-3-1-2-4-6;/h3,5-6H,1-2,4H2;. The molecule has 1 atom stereocenters. The first-order chi connectivity index (χ1) is 3.27. The van der Waals surface area contributed by atoms with E-state index in [-0.39, 0.29) is 11.0 Å². The molecule has 0 heterocycles. The fraction of sp³-hybridized carbons (Fsp3) is 1.00. The molecule has 41 valence electrons. The number of rotatable bonds is 3. The number of hydrogen-bond acceptors (Lipinski definition) is 2. The zero-order valence-corrected chi connectivity index (χ0v) is 5.65. The molecule has 0 rings (SSSR count). The van der Waals surface area contributed by atoms with Crippen LogP contribution in [0.4, 0.5) is 0 Å². The predicted octanol–water partition coefficient (Wildman–Crippen LogP) is -0.376. The average molecular weight is 137 g/mol. The van der Waals surface area contributed by atoms with Crippen molar-refractivity contribution in [1.29, 1.82) is 0 Å². The van der Waals surface area contributed by atoms with E-state index in [0.717, 1.165) is 0 Å². The normalized spacial score (nSPS) is 13.9. The Labute approximate surface area is 54.9 Å². The molecule has 0 bridgehead atoms. The molecule has 0 aromatic carbocycles. The Bertz CT molecular complexity index is 38.7. The molecule has 2 N–H and O–H groups in total. The first-order valence-corrected chi connectivity index (χ1v) is 3.17. The molecule has 0 aliphatic carbocycles. The van der Waals surface area contributed by atoms with Crippen LogP contribution in [0.2, 0.25) is 0 Å². The molecule has 0 spiro atoms. The van der Waals surface area contributed by atoms with Crippen LogP contribution in [-0.2, 0) is 20.4 Å². The predicted molar refractivity (Wildman–Crippen MR) is 22.3 cm³/mol. The molecule has 0 aromatic rings. The van der Waals surface area contributed by atoms with Crippen LogP contribution in [0.15, 0.2) is 0 Å². The van der Waals surface area contributed by atoms with E-state index >= 15 is 0 Å². The Morgan fingerprint density at radius 3 is 2.29 bits per heavy atom. The van der Waals surface area contributed by atoms with Gasteiger partial charge in [-0.2, -0.15) is 0 Å². The second-order valence-corrected chi connectivity index (χ2v) is 2.42. The van der Waals surface area contributed by atoms with E-state index in [4.69, 9.17) is 10.2 Å². The number of hydrogen-bond donors (Lipinski definition) is 2. The van der Waals surface area contributed by atoms with Gasteiger partial charge in [0.05, 0.1) is 0 Å². The molecule has 0 radical (unpaired) electrons. The van der Waals surface area contributed by atoms with Crippen LogP contribution < -0.4 is 0 Å². The van der Waals surface area contributed by atoms with Gasteiger partial charge in [0, 0.05) is 0 Å². The van der Waals surface area contributed by atoms with Gasteiger partial charge in [-0.15, -0.1) is 0 Å². The average Bonchev–Trinajstić information content (AvgIpc) is 1.61. The Morgan fingerprint density at radius 1 is 1.57 bits per heavy atom. The van der Waals surface area contributed by atoms with E-state index in [1.54, 1.807) is 20.4 Å². The summed E-state index contributed by atoms with van der Waals surface area (Å²) in [6, 6.07) is 0. The fourth-order valence-electron chi connectivity index (χ4n) is 0.285. The summed E-state index contributed by atoms with van der Waals surface area (Å²) in [5.41, 5.74) is 0. The van der Waals surface area contributed by atoms with Crippen LogP contribution >= 0.6 is 0 Å². The van der Waals surface area contributed by atoms with Crippen LogP contribution in [0.1, 0.15) is 12.8 Å². The molecule has 7 heavy (non-hydrogen) atoms. The molecular weight excluding hydrogens is 128 g/mol. The fourth-order valence-corrected chi connectivity index (χ4v) is 0.603. The van der Waals surface area contributed by atoms with Gasteiger partial charge < -0.3 is 0 Å². The maximum atomic E-state index is 8.57. The quantitative estimate of drug-likeness (QED) is 0.520. The third-order valence-electron chi connectivity index (χ3n) is 0.636. The second kappa shape index (κ2) is 4.79. The Hall–Kier alpha value is 0.634. The van der Waals surface area contributed by atoms with Gasteiger partial charge >= 0.3 is 54.5 Å². The molecule has 1 unspecified atom stereocenters. The number of aliphatic hydroxyl groups excluding tert-OH is 2. The van der Waals surface area contributed by atoms with E-state index in [1.165, 1.54) is 0 Å². The van der Waals surface area contributed by atoms with Crippen molar-refractivity contribution < 1.29 is 30.6 Å². The summed E-state index contributed by atoms with van der Waals surface area (Å²) in [7, 11) is 0. The maximum absolute atomic E-state index is 8.57. The van der Waals surface area contributed by atoms with Gasteiger partial charge in [-0.3, -0.25) is 0 Å². The van der Waals surface area contributed by atoms with Crippen molar-refractivity contribution in [3.63, 3.8) is 0 Å². The van der Waals surface area contributed by atoms with E-state index in [1.807, 2.05) is 0 Å². The van der Waals surface area contributed by atoms with Gasteiger partial charge in [0.1, 0.15) is 0 Å². The van der Waals surface area contributed by atoms with E-state index < -0.39 is 0 Å². The first-order valence-electron chi connectivity index (χ1n) is 2.27. The SMILES string of the molecule is OCCC[CH](O)[Ti]. The summed E-state index contributed by atoms with van der Waals surface area (Å²) in [6.07, 6.45) is 1.41. The Kier molecular flexibility index (Phi) is 5.22. The monoisotopic (exact) mass is 137 g/mol. The first kappa shape index (κ1) is 7.63. The van der Waals surface area contributed by atoms with Crippen molar-refractivity contribution in [3.8, 4) is 0 Å². The molecule has 3 heteroatoms. The van der Waals surface area contributed by atoms with E-state index in [9.17, 15) is 0 Å². The Balaban J connectivity index is 2.68. The number of aliphatic hydroxyl groups is 2. The summed E-state index contributed by atoms with van der Waals surface area (Å²) in [5, 5.41) is 16.8. The summed E-state index contributed by atoms with van der Waals surface area (Å²) >= 11 is 1.72. The summed E-state index contributed by atoms with van der Waals surface area (Å²) < 4.78 is -0.257. The van der Waals surface area contributed by atoms with Crippen molar-refractivity contribution >= 4 is 0 Å². The van der Waals surface area contributed by atoms with Crippen molar-refractivity contribution in [1.82, 2.24) is 0 Å². The van der Waals surface area contributed by atoms with Crippen LogP contribution in [0.5, 0.6) is 0 Å². The second-order valence-electron chi connectivity index (χ2n) is 1.38. The molecular formula is C4H9O2Ti. The van der Waals surface area contributed by atoms with Gasteiger partial charge in [0.15, 0.2) is 0 Å². The molecule has 0 aliphatic rings. The summed E-state index contributed by atoms with van der Waals surface area (Å²) in [4.78, 5) is 0. The zero-order valence-electron chi connectivity index (χ0n) is 4.09. The van der Waals surface area contributed by atoms with E-state index in [2.05, 4.69) is 0 Å². The van der Waals surface area contributed by atoms with Crippen molar-refractivity contribution in [2.45, 2.75) is 17.3 Å². The molecule has 0 fully saturated rings. The summed E-state index contributed by atoms with van der Waals surface area (Å²) in [5.74, 6) is 0. The van der Waals surface area contributed by atoms with Crippen LogP contribution in [-0.4, -0.2) is 21.2 Å². The van der Waals surface area contributed by atoms with Gasteiger partial charge in [-0.25, -0.2) is 0 Å². The van der Waals surface area contributed by atoms with Gasteiger partial charge in [0.2, 0.25) is 0 Å². The summed E-state index contributed by atoms with van der Waals surface area (Å²) in [6.45, 7) is 0.185. The van der Waals surface area contributed by atoms with Crippen molar-refractivity contribution in [3.05, 3.63) is 0 Å². The molecule has 2 nitrogen and oxygen atoms in total. The minimum absolute atomic E-state index is 0.185. The van der Waals surface area contributed by atoms with Crippen LogP contribution in [0.3, 0.4) is 0 Å². The third-order valence-corrected chi connectivity index (χ3v) is 1.09. The zero-order chi connectivity index (χ0) is 5.70. The van der Waals surface area contributed by atoms with Crippen molar-refractivity contribution in [2.24, 2.45) is 0 Å². The van der Waals surface area contributed by atoms with E-state index in [0.29, 0.717) is 12.8 Å². The minimum atomic E-state index is -0.257. The van der Waals surface area contributed by atoms with Crippen molar-refractivity contribution in [2.75, 3.05) is 6.61 Å². The molecule has 0 aromatic heterocycles. The van der Waals surface area contributed by atoms with Gasteiger partial charge in [-0.05, 0) is 0 Å².